The molecular weight excluding hydrogens is 254 g/mol. The monoisotopic (exact) mass is 272 g/mol. The summed E-state index contributed by atoms with van der Waals surface area (Å²) >= 11 is 0. The summed E-state index contributed by atoms with van der Waals surface area (Å²) in [7, 11) is 0. The van der Waals surface area contributed by atoms with Gasteiger partial charge in [-0.2, -0.15) is 0 Å². The fraction of sp³-hybridized carbons (Fsp3) is 0.312. The summed E-state index contributed by atoms with van der Waals surface area (Å²) in [6.07, 6.45) is 1.69. The van der Waals surface area contributed by atoms with Crippen molar-refractivity contribution in [1.82, 2.24) is 4.98 Å². The van der Waals surface area contributed by atoms with E-state index >= 15 is 0 Å². The van der Waals surface area contributed by atoms with E-state index in [1.807, 2.05) is 38.1 Å². The Labute approximate surface area is 119 Å². The van der Waals surface area contributed by atoms with Crippen LogP contribution in [0, 0.1) is 6.07 Å². The van der Waals surface area contributed by atoms with Crippen molar-refractivity contribution in [3.63, 3.8) is 0 Å². The lowest BCUT2D eigenvalue weighted by Gasteiger charge is -2.11. The van der Waals surface area contributed by atoms with E-state index in [1.165, 1.54) is 0 Å². The number of rotatable bonds is 7. The predicted octanol–water partition coefficient (Wildman–Crippen LogP) is 3.26. The van der Waals surface area contributed by atoms with E-state index in [1.54, 1.807) is 12.3 Å². The zero-order valence-corrected chi connectivity index (χ0v) is 11.8. The number of ether oxygens (including phenoxy) is 3. The third-order valence-electron chi connectivity index (χ3n) is 2.55. The first-order valence-electron chi connectivity index (χ1n) is 6.67. The summed E-state index contributed by atoms with van der Waals surface area (Å²) in [6, 6.07) is 12.3. The largest absolute Gasteiger partial charge is 0.492 e. The summed E-state index contributed by atoms with van der Waals surface area (Å²) in [5.74, 6) is 2.06. The molecule has 0 saturated carbocycles. The van der Waals surface area contributed by atoms with Gasteiger partial charge in [0.1, 0.15) is 12.4 Å². The molecule has 0 saturated heterocycles. The predicted molar refractivity (Wildman–Crippen MR) is 76.2 cm³/mol. The van der Waals surface area contributed by atoms with Crippen LogP contribution in [0.2, 0.25) is 0 Å². The lowest BCUT2D eigenvalue weighted by Crippen LogP contribution is -2.01. The first-order valence-corrected chi connectivity index (χ1v) is 6.67. The number of nitrogens with zero attached hydrogens (tertiary/aromatic N) is 1. The average Bonchev–Trinajstić information content (AvgIpc) is 2.48. The van der Waals surface area contributed by atoms with Gasteiger partial charge in [0.2, 0.25) is 0 Å². The van der Waals surface area contributed by atoms with E-state index in [0.29, 0.717) is 31.3 Å². The molecule has 0 fully saturated rings. The van der Waals surface area contributed by atoms with Gasteiger partial charge in [0, 0.05) is 6.07 Å². The second-order valence-electron chi connectivity index (χ2n) is 4.00. The van der Waals surface area contributed by atoms with Crippen molar-refractivity contribution < 1.29 is 14.2 Å². The minimum Gasteiger partial charge on any atom is -0.492 e. The van der Waals surface area contributed by atoms with E-state index in [9.17, 15) is 0 Å². The zero-order valence-electron chi connectivity index (χ0n) is 11.8. The highest BCUT2D eigenvalue weighted by Gasteiger charge is 2.05. The summed E-state index contributed by atoms with van der Waals surface area (Å²) in [6.45, 7) is 5.47. The summed E-state index contributed by atoms with van der Waals surface area (Å²) < 4.78 is 16.5. The summed E-state index contributed by atoms with van der Waals surface area (Å²) in [5.41, 5.74) is 0.827. The number of aromatic nitrogens is 1. The van der Waals surface area contributed by atoms with Crippen LogP contribution >= 0.6 is 0 Å². The van der Waals surface area contributed by atoms with Crippen molar-refractivity contribution in [2.75, 3.05) is 13.2 Å². The Morgan fingerprint density at radius 2 is 1.90 bits per heavy atom. The fourth-order valence-corrected chi connectivity index (χ4v) is 1.68. The molecule has 4 heteroatoms. The number of pyridine rings is 1. The van der Waals surface area contributed by atoms with Crippen LogP contribution < -0.4 is 14.2 Å². The molecule has 0 amide bonds. The van der Waals surface area contributed by atoms with Crippen LogP contribution in [0.15, 0.2) is 36.5 Å². The van der Waals surface area contributed by atoms with E-state index in [-0.39, 0.29) is 0 Å². The van der Waals surface area contributed by atoms with Gasteiger partial charge in [-0.15, -0.1) is 0 Å². The molecule has 0 bridgehead atoms. The Balaban J connectivity index is 1.97. The molecule has 20 heavy (non-hydrogen) atoms. The molecule has 4 nitrogen and oxygen atoms in total. The normalized spacial score (nSPS) is 10.1. The van der Waals surface area contributed by atoms with Crippen molar-refractivity contribution in [3.05, 3.63) is 48.3 Å². The van der Waals surface area contributed by atoms with Crippen molar-refractivity contribution in [2.24, 2.45) is 0 Å². The molecule has 0 aliphatic carbocycles. The summed E-state index contributed by atoms with van der Waals surface area (Å²) in [4.78, 5) is 4.28. The Bertz CT molecular complexity index is 526. The van der Waals surface area contributed by atoms with Crippen molar-refractivity contribution in [2.45, 2.75) is 20.5 Å². The summed E-state index contributed by atoms with van der Waals surface area (Å²) in [5, 5.41) is 0. The SMILES string of the molecule is CCOc1ccc(COc2[c]cccc2OCC)nc1. The molecule has 105 valence electrons. The topological polar surface area (TPSA) is 40.6 Å². The Kier molecular flexibility index (Phi) is 5.24. The molecule has 0 spiro atoms. The average molecular weight is 272 g/mol. The highest BCUT2D eigenvalue weighted by molar-refractivity contribution is 5.38. The quantitative estimate of drug-likeness (QED) is 0.775. The van der Waals surface area contributed by atoms with Gasteiger partial charge in [-0.25, -0.2) is 0 Å². The number of hydrogen-bond acceptors (Lipinski definition) is 4. The third kappa shape index (κ3) is 3.88. The molecule has 0 atom stereocenters. The first kappa shape index (κ1) is 14.2. The minimum atomic E-state index is 0.368. The standard InChI is InChI=1S/C16H18NO3/c1-3-18-14-10-9-13(17-11-14)12-20-16-8-6-5-7-15(16)19-4-2/h5-7,9-11H,3-4,12H2,1-2H3. The van der Waals surface area contributed by atoms with Gasteiger partial charge in [0.15, 0.2) is 11.5 Å². The van der Waals surface area contributed by atoms with Gasteiger partial charge in [-0.1, -0.05) is 12.1 Å². The second kappa shape index (κ2) is 7.38. The molecule has 2 rings (SSSR count). The van der Waals surface area contributed by atoms with Gasteiger partial charge in [-0.3, -0.25) is 4.98 Å². The van der Waals surface area contributed by atoms with Gasteiger partial charge in [0.25, 0.3) is 0 Å². The van der Waals surface area contributed by atoms with E-state index < -0.39 is 0 Å². The van der Waals surface area contributed by atoms with Gasteiger partial charge < -0.3 is 14.2 Å². The Morgan fingerprint density at radius 1 is 1.05 bits per heavy atom. The molecule has 0 N–H and O–H groups in total. The highest BCUT2D eigenvalue weighted by Crippen LogP contribution is 2.26. The van der Waals surface area contributed by atoms with Crippen LogP contribution in [-0.4, -0.2) is 18.2 Å². The molecule has 0 aliphatic heterocycles. The van der Waals surface area contributed by atoms with Crippen LogP contribution in [0.5, 0.6) is 17.2 Å². The molecule has 1 aromatic heterocycles. The lowest BCUT2D eigenvalue weighted by atomic mass is 10.3. The second-order valence-corrected chi connectivity index (χ2v) is 4.00. The van der Waals surface area contributed by atoms with Crippen molar-refractivity contribution >= 4 is 0 Å². The fourth-order valence-electron chi connectivity index (χ4n) is 1.68. The third-order valence-corrected chi connectivity index (χ3v) is 2.55. The maximum absolute atomic E-state index is 5.69. The highest BCUT2D eigenvalue weighted by atomic mass is 16.5. The minimum absolute atomic E-state index is 0.368. The van der Waals surface area contributed by atoms with Gasteiger partial charge >= 0.3 is 0 Å². The van der Waals surface area contributed by atoms with Gasteiger partial charge in [0.05, 0.1) is 25.1 Å². The van der Waals surface area contributed by atoms with Crippen LogP contribution in [0.4, 0.5) is 0 Å². The first-order chi connectivity index (χ1) is 9.83. The molecule has 0 aliphatic rings. The van der Waals surface area contributed by atoms with Gasteiger partial charge in [-0.05, 0) is 32.0 Å². The van der Waals surface area contributed by atoms with E-state index in [4.69, 9.17) is 14.2 Å². The number of para-hydroxylation sites is 1. The molecule has 1 heterocycles. The van der Waals surface area contributed by atoms with Crippen molar-refractivity contribution in [1.29, 1.82) is 0 Å². The van der Waals surface area contributed by atoms with Crippen LogP contribution in [-0.2, 0) is 6.61 Å². The smallest absolute Gasteiger partial charge is 0.169 e. The molecule has 1 aromatic carbocycles. The van der Waals surface area contributed by atoms with E-state index in [0.717, 1.165) is 11.4 Å². The molecule has 0 unspecified atom stereocenters. The van der Waals surface area contributed by atoms with Crippen LogP contribution in [0.3, 0.4) is 0 Å². The number of hydrogen-bond donors (Lipinski definition) is 0. The van der Waals surface area contributed by atoms with E-state index in [2.05, 4.69) is 11.1 Å². The lowest BCUT2D eigenvalue weighted by molar-refractivity contribution is 0.265. The van der Waals surface area contributed by atoms with Crippen molar-refractivity contribution in [3.8, 4) is 17.2 Å². The molecule has 2 aromatic rings. The Morgan fingerprint density at radius 3 is 2.60 bits per heavy atom. The van der Waals surface area contributed by atoms with Crippen LogP contribution in [0.1, 0.15) is 19.5 Å². The number of benzene rings is 1. The van der Waals surface area contributed by atoms with Crippen LogP contribution in [0.25, 0.3) is 0 Å². The zero-order chi connectivity index (χ0) is 14.2. The molecule has 1 radical (unpaired) electrons. The maximum Gasteiger partial charge on any atom is 0.169 e. The maximum atomic E-state index is 5.69. The Hall–Kier alpha value is -2.23. The molecular formula is C16H18NO3.